The highest BCUT2D eigenvalue weighted by atomic mass is 31.1. The maximum atomic E-state index is 3.26. The summed E-state index contributed by atoms with van der Waals surface area (Å²) in [6, 6.07) is 10.4. The van der Waals surface area contributed by atoms with E-state index < -0.39 is 7.92 Å². The largest absolute Gasteiger partial charge is 0.303 e. The monoisotopic (exact) mass is 163 g/mol. The molecule has 0 saturated heterocycles. The van der Waals surface area contributed by atoms with Gasteiger partial charge < -0.3 is 12.3 Å². The molecule has 0 nitrogen and oxygen atoms in total. The first kappa shape index (κ1) is 8.74. The molecule has 1 aromatic rings. The van der Waals surface area contributed by atoms with Crippen molar-refractivity contribution in [3.8, 4) is 0 Å². The van der Waals surface area contributed by atoms with Crippen molar-refractivity contribution in [2.75, 3.05) is 0 Å². The summed E-state index contributed by atoms with van der Waals surface area (Å²) >= 11 is 0. The van der Waals surface area contributed by atoms with E-state index in [0.717, 1.165) is 0 Å². The number of benzene rings is 1. The second-order valence-electron chi connectivity index (χ2n) is 2.24. The van der Waals surface area contributed by atoms with Crippen LogP contribution in [-0.4, -0.2) is 0 Å². The Hall–Kier alpha value is -0.350. The minimum absolute atomic E-state index is 0.701. The van der Waals surface area contributed by atoms with Crippen LogP contribution >= 0.6 is 7.92 Å². The molecule has 2 radical (unpaired) electrons. The van der Waals surface area contributed by atoms with Crippen LogP contribution in [-0.2, 0) is 0 Å². The van der Waals surface area contributed by atoms with Crippen LogP contribution in [0.1, 0.15) is 13.8 Å². The summed E-state index contributed by atoms with van der Waals surface area (Å²) in [5.41, 5.74) is 0. The third kappa shape index (κ3) is 2.31. The van der Waals surface area contributed by atoms with Gasteiger partial charge in [-0.3, -0.25) is 7.92 Å². The van der Waals surface area contributed by atoms with Gasteiger partial charge >= 0.3 is 0 Å². The Morgan fingerprint density at radius 1 is 1.00 bits per heavy atom. The first-order chi connectivity index (χ1) is 5.38. The van der Waals surface area contributed by atoms with Crippen molar-refractivity contribution in [1.82, 2.24) is 0 Å². The zero-order valence-electron chi connectivity index (χ0n) is 6.89. The van der Waals surface area contributed by atoms with E-state index in [1.54, 1.807) is 0 Å². The molecule has 0 saturated carbocycles. The van der Waals surface area contributed by atoms with Gasteiger partial charge in [0.15, 0.2) is 0 Å². The van der Waals surface area contributed by atoms with Crippen molar-refractivity contribution >= 4 is 13.2 Å². The smallest absolute Gasteiger partial charge is 0.0301 e. The van der Waals surface area contributed by atoms with E-state index in [0.29, 0.717) is 0 Å². The molecule has 0 fully saturated rings. The maximum Gasteiger partial charge on any atom is 0.0301 e. The van der Waals surface area contributed by atoms with Gasteiger partial charge in [0.25, 0.3) is 0 Å². The highest BCUT2D eigenvalue weighted by Crippen LogP contribution is 2.39. The van der Waals surface area contributed by atoms with Gasteiger partial charge in [-0.15, -0.1) is 0 Å². The molecule has 0 atom stereocenters. The first-order valence-corrected chi connectivity index (χ1v) is 5.16. The number of hydrogen-bond acceptors (Lipinski definition) is 0. The van der Waals surface area contributed by atoms with Crippen LogP contribution < -0.4 is 5.30 Å². The lowest BCUT2D eigenvalue weighted by Crippen LogP contribution is -1.97. The second-order valence-corrected chi connectivity index (χ2v) is 4.57. The van der Waals surface area contributed by atoms with Crippen molar-refractivity contribution in [3.05, 3.63) is 42.7 Å². The Balaban J connectivity index is 2.74. The predicted octanol–water partition coefficient (Wildman–Crippen LogP) is 2.64. The highest BCUT2D eigenvalue weighted by molar-refractivity contribution is 7.69. The van der Waals surface area contributed by atoms with Gasteiger partial charge in [0.1, 0.15) is 0 Å². The van der Waals surface area contributed by atoms with E-state index in [1.165, 1.54) is 5.30 Å². The Morgan fingerprint density at radius 3 is 2.00 bits per heavy atom. The van der Waals surface area contributed by atoms with Gasteiger partial charge in [0.2, 0.25) is 0 Å². The summed E-state index contributed by atoms with van der Waals surface area (Å²) in [7, 11) is -0.701. The van der Waals surface area contributed by atoms with Crippen molar-refractivity contribution in [1.29, 1.82) is 0 Å². The average molecular weight is 163 g/mol. The lowest BCUT2D eigenvalue weighted by Gasteiger charge is -2.27. The average Bonchev–Trinajstić information content (AvgIpc) is 2.09. The van der Waals surface area contributed by atoms with Gasteiger partial charge in [-0.1, -0.05) is 18.2 Å². The Bertz CT molecular complexity index is 189. The van der Waals surface area contributed by atoms with Crippen molar-refractivity contribution in [2.24, 2.45) is 0 Å². The van der Waals surface area contributed by atoms with E-state index in [1.807, 2.05) is 19.9 Å². The van der Waals surface area contributed by atoms with Gasteiger partial charge in [0.05, 0.1) is 0 Å². The quantitative estimate of drug-likeness (QED) is 0.474. The molecule has 0 aromatic heterocycles. The standard InChI is InChI=1S/C10H12P/c1-3-11(4-2)10-8-6-5-7-9-10/h5-9,11H,1-2H3/q-1. The van der Waals surface area contributed by atoms with E-state index in [9.17, 15) is 0 Å². The highest BCUT2D eigenvalue weighted by Gasteiger charge is 1.92. The molecule has 0 aliphatic carbocycles. The number of hydrogen-bond donors (Lipinski definition) is 0. The molecule has 11 heavy (non-hydrogen) atoms. The summed E-state index contributed by atoms with van der Waals surface area (Å²) < 4.78 is 0. The first-order valence-electron chi connectivity index (χ1n) is 3.66. The third-order valence-electron chi connectivity index (χ3n) is 1.56. The molecular formula is C10H12P-. The van der Waals surface area contributed by atoms with Crippen LogP contribution in [0.15, 0.2) is 30.3 Å². The molecule has 0 unspecified atom stereocenters. The molecule has 0 N–H and O–H groups in total. The lowest BCUT2D eigenvalue weighted by atomic mass is 10.4. The van der Waals surface area contributed by atoms with E-state index in [-0.39, 0.29) is 0 Å². The van der Waals surface area contributed by atoms with Crippen LogP contribution in [0.3, 0.4) is 0 Å². The van der Waals surface area contributed by atoms with Gasteiger partial charge in [0, 0.05) is 5.30 Å². The predicted molar refractivity (Wildman–Crippen MR) is 52.2 cm³/mol. The van der Waals surface area contributed by atoms with Crippen LogP contribution in [0.2, 0.25) is 0 Å². The number of rotatable bonds is 3. The molecule has 0 heterocycles. The topological polar surface area (TPSA) is 0 Å². The summed E-state index contributed by atoms with van der Waals surface area (Å²) in [4.78, 5) is 0. The van der Waals surface area contributed by atoms with Crippen LogP contribution in [0, 0.1) is 12.3 Å². The van der Waals surface area contributed by atoms with Crippen molar-refractivity contribution in [3.63, 3.8) is 0 Å². The molecule has 0 amide bonds. The molecule has 58 valence electrons. The fourth-order valence-electron chi connectivity index (χ4n) is 1.02. The summed E-state index contributed by atoms with van der Waals surface area (Å²) in [5, 5.41) is 1.36. The SMILES string of the molecule is C[C-][PH+]([C-]C)c1ccccc1. The van der Waals surface area contributed by atoms with Gasteiger partial charge in [-0.25, -0.2) is 0 Å². The summed E-state index contributed by atoms with van der Waals surface area (Å²) in [5.74, 6) is 0. The Labute approximate surface area is 70.4 Å². The molecule has 1 heteroatoms. The van der Waals surface area contributed by atoms with Crippen molar-refractivity contribution in [2.45, 2.75) is 13.8 Å². The molecular weight excluding hydrogens is 151 g/mol. The third-order valence-corrected chi connectivity index (χ3v) is 3.47. The zero-order valence-corrected chi connectivity index (χ0v) is 7.89. The molecule has 0 aliphatic heterocycles. The molecule has 0 aliphatic rings. The minimum atomic E-state index is -0.701. The fourth-order valence-corrected chi connectivity index (χ4v) is 2.37. The summed E-state index contributed by atoms with van der Waals surface area (Å²) in [6.07, 6.45) is 6.52. The Kier molecular flexibility index (Phi) is 3.59. The second kappa shape index (κ2) is 4.51. The molecule has 0 spiro atoms. The maximum absolute atomic E-state index is 3.26. The zero-order chi connectivity index (χ0) is 8.10. The summed E-state index contributed by atoms with van der Waals surface area (Å²) in [6.45, 7) is 3.97. The fraction of sp³-hybridized carbons (Fsp3) is 0.200. The van der Waals surface area contributed by atoms with Gasteiger partial charge in [-0.05, 0) is 12.1 Å². The van der Waals surface area contributed by atoms with Crippen LogP contribution in [0.5, 0.6) is 0 Å². The van der Waals surface area contributed by atoms with Crippen molar-refractivity contribution < 1.29 is 0 Å². The molecule has 0 bridgehead atoms. The Morgan fingerprint density at radius 2 is 1.55 bits per heavy atom. The van der Waals surface area contributed by atoms with E-state index in [4.69, 9.17) is 0 Å². The van der Waals surface area contributed by atoms with Crippen LogP contribution in [0.25, 0.3) is 0 Å². The minimum Gasteiger partial charge on any atom is -0.303 e. The van der Waals surface area contributed by atoms with E-state index in [2.05, 4.69) is 36.6 Å². The molecule has 1 aromatic carbocycles. The van der Waals surface area contributed by atoms with Gasteiger partial charge in [-0.2, -0.15) is 13.8 Å². The van der Waals surface area contributed by atoms with Crippen LogP contribution in [0.4, 0.5) is 0 Å². The van der Waals surface area contributed by atoms with E-state index >= 15 is 0 Å². The lowest BCUT2D eigenvalue weighted by molar-refractivity contribution is 1.63. The normalized spacial score (nSPS) is 10.5. The molecule has 1 rings (SSSR count).